The molecule has 0 amide bonds. The molecule has 18 heavy (non-hydrogen) atoms. The van der Waals surface area contributed by atoms with Gasteiger partial charge in [-0.2, -0.15) is 0 Å². The minimum Gasteiger partial charge on any atom is -0.377 e. The molecule has 0 aliphatic carbocycles. The van der Waals surface area contributed by atoms with Gasteiger partial charge in [0.1, 0.15) is 0 Å². The lowest BCUT2D eigenvalue weighted by Crippen LogP contribution is -2.34. The van der Waals surface area contributed by atoms with Crippen molar-refractivity contribution in [1.82, 2.24) is 5.32 Å². The van der Waals surface area contributed by atoms with Gasteiger partial charge in [-0.1, -0.05) is 37.6 Å². The standard InChI is InChI=1S/C16H27NO/c1-6-15(18-8-3)16(17-7-2)14-10-9-12(4)11-13(14)5/h9-11,15-17H,6-8H2,1-5H3. The van der Waals surface area contributed by atoms with E-state index >= 15 is 0 Å². The zero-order valence-electron chi connectivity index (χ0n) is 12.4. The Balaban J connectivity index is 3.01. The quantitative estimate of drug-likeness (QED) is 0.794. The summed E-state index contributed by atoms with van der Waals surface area (Å²) in [6, 6.07) is 6.96. The number of benzene rings is 1. The summed E-state index contributed by atoms with van der Waals surface area (Å²) in [5, 5.41) is 3.57. The summed E-state index contributed by atoms with van der Waals surface area (Å²) in [5.74, 6) is 0. The van der Waals surface area contributed by atoms with Gasteiger partial charge in [0.25, 0.3) is 0 Å². The second-order valence-corrected chi connectivity index (χ2v) is 4.80. The third kappa shape index (κ3) is 3.82. The molecule has 0 heterocycles. The van der Waals surface area contributed by atoms with Gasteiger partial charge in [0.15, 0.2) is 0 Å². The number of rotatable bonds is 7. The smallest absolute Gasteiger partial charge is 0.0767 e. The van der Waals surface area contributed by atoms with E-state index < -0.39 is 0 Å². The molecule has 0 aliphatic heterocycles. The van der Waals surface area contributed by atoms with E-state index in [0.29, 0.717) is 6.04 Å². The first-order chi connectivity index (χ1) is 8.63. The predicted octanol–water partition coefficient (Wildman–Crippen LogP) is 3.77. The Labute approximate surface area is 112 Å². The highest BCUT2D eigenvalue weighted by Crippen LogP contribution is 2.25. The average Bonchev–Trinajstić information content (AvgIpc) is 2.34. The molecule has 0 saturated heterocycles. The van der Waals surface area contributed by atoms with Gasteiger partial charge in [0, 0.05) is 6.61 Å². The van der Waals surface area contributed by atoms with Crippen LogP contribution < -0.4 is 5.32 Å². The molecule has 0 spiro atoms. The van der Waals surface area contributed by atoms with Crippen LogP contribution in [-0.2, 0) is 4.74 Å². The SMILES string of the molecule is CCNC(c1ccc(C)cc1C)C(CC)OCC. The zero-order valence-corrected chi connectivity index (χ0v) is 12.4. The normalized spacial score (nSPS) is 14.5. The van der Waals surface area contributed by atoms with Gasteiger partial charge in [0.2, 0.25) is 0 Å². The van der Waals surface area contributed by atoms with Gasteiger partial charge in [-0.25, -0.2) is 0 Å². The number of hydrogen-bond donors (Lipinski definition) is 1. The molecule has 2 unspecified atom stereocenters. The van der Waals surface area contributed by atoms with Crippen molar-refractivity contribution in [2.45, 2.75) is 53.2 Å². The molecule has 102 valence electrons. The first-order valence-electron chi connectivity index (χ1n) is 7.06. The number of likely N-dealkylation sites (N-methyl/N-ethyl adjacent to an activating group) is 1. The van der Waals surface area contributed by atoms with Crippen molar-refractivity contribution >= 4 is 0 Å². The van der Waals surface area contributed by atoms with E-state index in [9.17, 15) is 0 Å². The van der Waals surface area contributed by atoms with E-state index in [4.69, 9.17) is 4.74 Å². The van der Waals surface area contributed by atoms with Crippen LogP contribution in [-0.4, -0.2) is 19.3 Å². The molecular weight excluding hydrogens is 222 g/mol. The van der Waals surface area contributed by atoms with Gasteiger partial charge in [0.05, 0.1) is 12.1 Å². The van der Waals surface area contributed by atoms with Crippen molar-refractivity contribution in [3.8, 4) is 0 Å². The van der Waals surface area contributed by atoms with Crippen molar-refractivity contribution in [1.29, 1.82) is 0 Å². The van der Waals surface area contributed by atoms with Gasteiger partial charge in [-0.15, -0.1) is 0 Å². The Morgan fingerprint density at radius 1 is 1.17 bits per heavy atom. The summed E-state index contributed by atoms with van der Waals surface area (Å²) < 4.78 is 5.88. The molecule has 2 nitrogen and oxygen atoms in total. The van der Waals surface area contributed by atoms with Crippen molar-refractivity contribution in [2.24, 2.45) is 0 Å². The summed E-state index contributed by atoms with van der Waals surface area (Å²) in [6.07, 6.45) is 1.27. The van der Waals surface area contributed by atoms with Crippen LogP contribution in [0.5, 0.6) is 0 Å². The van der Waals surface area contributed by atoms with Crippen LogP contribution in [0.4, 0.5) is 0 Å². The maximum atomic E-state index is 5.88. The number of aryl methyl sites for hydroxylation is 2. The summed E-state index contributed by atoms with van der Waals surface area (Å²) in [7, 11) is 0. The third-order valence-electron chi connectivity index (χ3n) is 3.34. The molecule has 0 saturated carbocycles. The van der Waals surface area contributed by atoms with Crippen LogP contribution in [0.1, 0.15) is 49.9 Å². The lowest BCUT2D eigenvalue weighted by molar-refractivity contribution is 0.0316. The molecule has 2 heteroatoms. The Morgan fingerprint density at radius 2 is 1.89 bits per heavy atom. The van der Waals surface area contributed by atoms with Crippen LogP contribution in [0.3, 0.4) is 0 Å². The second kappa shape index (κ2) is 7.55. The van der Waals surface area contributed by atoms with Gasteiger partial charge < -0.3 is 10.1 Å². The molecule has 0 aliphatic rings. The molecule has 0 bridgehead atoms. The molecule has 2 atom stereocenters. The third-order valence-corrected chi connectivity index (χ3v) is 3.34. The van der Waals surface area contributed by atoms with E-state index in [-0.39, 0.29) is 6.10 Å². The number of hydrogen-bond acceptors (Lipinski definition) is 2. The lowest BCUT2D eigenvalue weighted by Gasteiger charge is -2.28. The first-order valence-corrected chi connectivity index (χ1v) is 7.06. The van der Waals surface area contributed by atoms with E-state index in [1.807, 2.05) is 0 Å². The predicted molar refractivity (Wildman–Crippen MR) is 78.0 cm³/mol. The Kier molecular flexibility index (Phi) is 6.37. The van der Waals surface area contributed by atoms with Gasteiger partial charge >= 0.3 is 0 Å². The van der Waals surface area contributed by atoms with Crippen molar-refractivity contribution in [2.75, 3.05) is 13.2 Å². The molecule has 1 N–H and O–H groups in total. The van der Waals surface area contributed by atoms with E-state index in [1.54, 1.807) is 0 Å². The molecule has 1 rings (SSSR count). The topological polar surface area (TPSA) is 21.3 Å². The number of ether oxygens (including phenoxy) is 1. The summed E-state index contributed by atoms with van der Waals surface area (Å²) in [5.41, 5.74) is 4.03. The highest BCUT2D eigenvalue weighted by atomic mass is 16.5. The summed E-state index contributed by atoms with van der Waals surface area (Å²) >= 11 is 0. The maximum absolute atomic E-state index is 5.88. The minimum absolute atomic E-state index is 0.247. The maximum Gasteiger partial charge on any atom is 0.0767 e. The molecule has 0 fully saturated rings. The molecule has 0 aromatic heterocycles. The average molecular weight is 249 g/mol. The molecular formula is C16H27NO. The Hall–Kier alpha value is -0.860. The fraction of sp³-hybridized carbons (Fsp3) is 0.625. The largest absolute Gasteiger partial charge is 0.377 e. The molecule has 0 radical (unpaired) electrons. The molecule has 1 aromatic rings. The van der Waals surface area contributed by atoms with Crippen molar-refractivity contribution < 1.29 is 4.74 Å². The van der Waals surface area contributed by atoms with E-state index in [1.165, 1.54) is 16.7 Å². The fourth-order valence-corrected chi connectivity index (χ4v) is 2.50. The lowest BCUT2D eigenvalue weighted by atomic mass is 9.94. The van der Waals surface area contributed by atoms with Crippen molar-refractivity contribution in [3.05, 3.63) is 34.9 Å². The van der Waals surface area contributed by atoms with Gasteiger partial charge in [-0.3, -0.25) is 0 Å². The van der Waals surface area contributed by atoms with Crippen LogP contribution in [0.15, 0.2) is 18.2 Å². The van der Waals surface area contributed by atoms with Gasteiger partial charge in [-0.05, 0) is 44.9 Å². The van der Waals surface area contributed by atoms with E-state index in [0.717, 1.165) is 19.6 Å². The minimum atomic E-state index is 0.247. The van der Waals surface area contributed by atoms with Crippen LogP contribution in [0, 0.1) is 13.8 Å². The van der Waals surface area contributed by atoms with Crippen molar-refractivity contribution in [3.63, 3.8) is 0 Å². The highest BCUT2D eigenvalue weighted by molar-refractivity contribution is 5.33. The monoisotopic (exact) mass is 249 g/mol. The fourth-order valence-electron chi connectivity index (χ4n) is 2.50. The van der Waals surface area contributed by atoms with Crippen LogP contribution >= 0.6 is 0 Å². The first kappa shape index (κ1) is 15.2. The highest BCUT2D eigenvalue weighted by Gasteiger charge is 2.22. The zero-order chi connectivity index (χ0) is 13.5. The Bertz CT molecular complexity index is 362. The Morgan fingerprint density at radius 3 is 2.39 bits per heavy atom. The van der Waals surface area contributed by atoms with Crippen LogP contribution in [0.2, 0.25) is 0 Å². The van der Waals surface area contributed by atoms with Crippen LogP contribution in [0.25, 0.3) is 0 Å². The molecule has 1 aromatic carbocycles. The number of nitrogens with one attached hydrogen (secondary N) is 1. The second-order valence-electron chi connectivity index (χ2n) is 4.80. The van der Waals surface area contributed by atoms with E-state index in [2.05, 4.69) is 58.1 Å². The summed E-state index contributed by atoms with van der Waals surface area (Å²) in [6.45, 7) is 12.5. The summed E-state index contributed by atoms with van der Waals surface area (Å²) in [4.78, 5) is 0.